The first-order valence-electron chi connectivity index (χ1n) is 8.31. The van der Waals surface area contributed by atoms with Crippen molar-refractivity contribution >= 4 is 23.5 Å². The molecule has 0 atom stereocenters. The van der Waals surface area contributed by atoms with Crippen LogP contribution in [0.3, 0.4) is 0 Å². The molecule has 27 heavy (non-hydrogen) atoms. The topological polar surface area (TPSA) is 53.3 Å². The molecule has 0 fully saturated rings. The molecule has 0 radical (unpaired) electrons. The molecule has 5 nitrogen and oxygen atoms in total. The zero-order valence-corrected chi connectivity index (χ0v) is 16.3. The van der Waals surface area contributed by atoms with E-state index in [1.54, 1.807) is 10.8 Å². The summed E-state index contributed by atoms with van der Waals surface area (Å²) in [6.45, 7) is 3.62. The molecule has 0 saturated heterocycles. The van der Waals surface area contributed by atoms with Crippen molar-refractivity contribution in [3.63, 3.8) is 0 Å². The van der Waals surface area contributed by atoms with E-state index in [0.29, 0.717) is 28.9 Å². The van der Waals surface area contributed by atoms with Crippen molar-refractivity contribution in [2.45, 2.75) is 33.9 Å². The van der Waals surface area contributed by atoms with Crippen molar-refractivity contribution in [3.05, 3.63) is 46.2 Å². The van der Waals surface area contributed by atoms with Crippen molar-refractivity contribution in [3.8, 4) is 11.5 Å². The van der Waals surface area contributed by atoms with Crippen molar-refractivity contribution in [2.75, 3.05) is 7.11 Å². The van der Waals surface area contributed by atoms with Gasteiger partial charge in [-0.05, 0) is 43.2 Å². The van der Waals surface area contributed by atoms with Crippen LogP contribution in [0.5, 0.6) is 11.5 Å². The van der Waals surface area contributed by atoms with Gasteiger partial charge in [0, 0.05) is 17.7 Å². The predicted octanol–water partition coefficient (Wildman–Crippen LogP) is 5.01. The Morgan fingerprint density at radius 2 is 2.04 bits per heavy atom. The number of benzene rings is 1. The van der Waals surface area contributed by atoms with Gasteiger partial charge in [-0.3, -0.25) is 9.48 Å². The summed E-state index contributed by atoms with van der Waals surface area (Å²) in [6, 6.07) is 4.01. The number of nitrogens with zero attached hydrogens (tertiary/aromatic N) is 2. The highest BCUT2D eigenvalue weighted by Crippen LogP contribution is 2.30. The maximum absolute atomic E-state index is 12.4. The fourth-order valence-electron chi connectivity index (χ4n) is 2.49. The van der Waals surface area contributed by atoms with Crippen molar-refractivity contribution in [2.24, 2.45) is 5.92 Å². The van der Waals surface area contributed by atoms with Crippen LogP contribution in [0.25, 0.3) is 6.08 Å². The Bertz CT molecular complexity index is 848. The number of allylic oxidation sites excluding steroid dienone is 1. The number of ether oxygens (including phenoxy) is 2. The number of aromatic nitrogens is 2. The summed E-state index contributed by atoms with van der Waals surface area (Å²) in [5.74, 6) is -0.0407. The number of hydrogen-bond acceptors (Lipinski definition) is 4. The fourth-order valence-corrected chi connectivity index (χ4v) is 2.80. The number of alkyl halides is 2. The van der Waals surface area contributed by atoms with E-state index in [4.69, 9.17) is 16.3 Å². The van der Waals surface area contributed by atoms with E-state index in [9.17, 15) is 13.6 Å². The molecule has 0 amide bonds. The van der Waals surface area contributed by atoms with Gasteiger partial charge >= 0.3 is 6.61 Å². The standard InChI is InChI=1S/C19H21ClF2N2O3/c1-11(2)10-24-18(20)14(12(3)23-24)6-7-15(25)13-5-8-16(27-19(21)22)17(9-13)26-4/h5-9,11,19H,10H2,1-4H3/b7-6+. The Hall–Kier alpha value is -2.41. The van der Waals surface area contributed by atoms with Crippen LogP contribution in [0.4, 0.5) is 8.78 Å². The molecule has 0 spiro atoms. The Morgan fingerprint density at radius 3 is 2.63 bits per heavy atom. The normalized spacial score (nSPS) is 11.6. The SMILES string of the molecule is COc1cc(C(=O)/C=C/c2c(C)nn(CC(C)C)c2Cl)ccc1OC(F)F. The lowest BCUT2D eigenvalue weighted by Crippen LogP contribution is -2.06. The highest BCUT2D eigenvalue weighted by atomic mass is 35.5. The average Bonchev–Trinajstić information content (AvgIpc) is 2.85. The smallest absolute Gasteiger partial charge is 0.387 e. The minimum Gasteiger partial charge on any atom is -0.493 e. The van der Waals surface area contributed by atoms with Gasteiger partial charge in [-0.1, -0.05) is 25.4 Å². The van der Waals surface area contributed by atoms with Crippen LogP contribution < -0.4 is 9.47 Å². The van der Waals surface area contributed by atoms with Gasteiger partial charge in [0.1, 0.15) is 5.15 Å². The zero-order chi connectivity index (χ0) is 20.1. The molecule has 0 aliphatic heterocycles. The lowest BCUT2D eigenvalue weighted by atomic mass is 10.1. The van der Waals surface area contributed by atoms with Gasteiger partial charge in [0.25, 0.3) is 0 Å². The second kappa shape index (κ2) is 8.99. The molecule has 1 aromatic heterocycles. The minimum absolute atomic E-state index is 0.0496. The van der Waals surface area contributed by atoms with Crippen molar-refractivity contribution in [1.82, 2.24) is 9.78 Å². The number of hydrogen-bond donors (Lipinski definition) is 0. The number of ketones is 1. The lowest BCUT2D eigenvalue weighted by molar-refractivity contribution is -0.0512. The monoisotopic (exact) mass is 398 g/mol. The van der Waals surface area contributed by atoms with E-state index < -0.39 is 6.61 Å². The summed E-state index contributed by atoms with van der Waals surface area (Å²) in [6.07, 6.45) is 2.96. The van der Waals surface area contributed by atoms with Gasteiger partial charge in [0.15, 0.2) is 17.3 Å². The van der Waals surface area contributed by atoms with Crippen LogP contribution in [0, 0.1) is 12.8 Å². The number of methoxy groups -OCH3 is 1. The Kier molecular flexibility index (Phi) is 6.96. The first-order valence-corrected chi connectivity index (χ1v) is 8.68. The lowest BCUT2D eigenvalue weighted by Gasteiger charge is -2.10. The summed E-state index contributed by atoms with van der Waals surface area (Å²) in [7, 11) is 1.31. The van der Waals surface area contributed by atoms with Crippen LogP contribution in [0.2, 0.25) is 5.15 Å². The number of carbonyl (C=O) groups excluding carboxylic acids is 1. The molecule has 2 aromatic rings. The zero-order valence-electron chi connectivity index (χ0n) is 15.5. The highest BCUT2D eigenvalue weighted by molar-refractivity contribution is 6.31. The van der Waals surface area contributed by atoms with Gasteiger partial charge in [-0.15, -0.1) is 0 Å². The van der Waals surface area contributed by atoms with E-state index >= 15 is 0 Å². The fraction of sp³-hybridized carbons (Fsp3) is 0.368. The van der Waals surface area contributed by atoms with E-state index in [1.807, 2.05) is 6.92 Å². The van der Waals surface area contributed by atoms with E-state index in [1.165, 1.54) is 31.4 Å². The van der Waals surface area contributed by atoms with Gasteiger partial charge in [-0.2, -0.15) is 13.9 Å². The third-order valence-electron chi connectivity index (χ3n) is 3.71. The number of aryl methyl sites for hydroxylation is 1. The molecule has 0 saturated carbocycles. The van der Waals surface area contributed by atoms with Crippen molar-refractivity contribution in [1.29, 1.82) is 0 Å². The van der Waals surface area contributed by atoms with Crippen LogP contribution in [-0.2, 0) is 6.54 Å². The molecule has 2 rings (SSSR count). The summed E-state index contributed by atoms with van der Waals surface area (Å²) < 4.78 is 35.8. The van der Waals surface area contributed by atoms with Crippen LogP contribution in [-0.4, -0.2) is 29.3 Å². The first kappa shape index (κ1) is 20.9. The molecular weight excluding hydrogens is 378 g/mol. The molecule has 0 N–H and O–H groups in total. The summed E-state index contributed by atoms with van der Waals surface area (Å²) in [5.41, 5.74) is 1.64. The van der Waals surface area contributed by atoms with Crippen LogP contribution in [0.15, 0.2) is 24.3 Å². The van der Waals surface area contributed by atoms with E-state index in [0.717, 1.165) is 0 Å². The Balaban J connectivity index is 2.23. The quantitative estimate of drug-likeness (QED) is 0.463. The van der Waals surface area contributed by atoms with Gasteiger partial charge < -0.3 is 9.47 Å². The third-order valence-corrected chi connectivity index (χ3v) is 4.11. The second-order valence-electron chi connectivity index (χ2n) is 6.31. The maximum atomic E-state index is 12.4. The molecule has 8 heteroatoms. The van der Waals surface area contributed by atoms with Crippen molar-refractivity contribution < 1.29 is 23.0 Å². The van der Waals surface area contributed by atoms with Crippen LogP contribution >= 0.6 is 11.6 Å². The average molecular weight is 399 g/mol. The molecule has 1 aromatic carbocycles. The molecule has 0 bridgehead atoms. The molecule has 0 unspecified atom stereocenters. The second-order valence-corrected chi connectivity index (χ2v) is 6.67. The molecule has 1 heterocycles. The largest absolute Gasteiger partial charge is 0.493 e. The number of carbonyl (C=O) groups is 1. The summed E-state index contributed by atoms with van der Waals surface area (Å²) in [4.78, 5) is 12.4. The maximum Gasteiger partial charge on any atom is 0.387 e. The number of rotatable bonds is 8. The Labute approximate surface area is 161 Å². The minimum atomic E-state index is -2.98. The predicted molar refractivity (Wildman–Crippen MR) is 99.8 cm³/mol. The molecular formula is C19H21ClF2N2O3. The van der Waals surface area contributed by atoms with E-state index in [2.05, 4.69) is 23.7 Å². The first-order chi connectivity index (χ1) is 12.7. The molecule has 146 valence electrons. The van der Waals surface area contributed by atoms with E-state index in [-0.39, 0.29) is 22.8 Å². The molecule has 0 aliphatic carbocycles. The van der Waals surface area contributed by atoms with Gasteiger partial charge in [0.05, 0.1) is 12.8 Å². The Morgan fingerprint density at radius 1 is 1.33 bits per heavy atom. The summed E-state index contributed by atoms with van der Waals surface area (Å²) in [5, 5.41) is 4.84. The molecule has 0 aliphatic rings. The summed E-state index contributed by atoms with van der Waals surface area (Å²) >= 11 is 6.35. The number of halogens is 3. The van der Waals surface area contributed by atoms with Gasteiger partial charge in [-0.25, -0.2) is 0 Å². The third kappa shape index (κ3) is 5.29. The highest BCUT2D eigenvalue weighted by Gasteiger charge is 2.15. The van der Waals surface area contributed by atoms with Crippen LogP contribution in [0.1, 0.15) is 35.5 Å². The van der Waals surface area contributed by atoms with Gasteiger partial charge in [0.2, 0.25) is 0 Å².